The third kappa shape index (κ3) is 2.13. The van der Waals surface area contributed by atoms with E-state index in [2.05, 4.69) is 17.2 Å². The number of anilines is 1. The minimum Gasteiger partial charge on any atom is -0.365 e. The number of hydrogen-bond acceptors (Lipinski definition) is 3. The third-order valence-corrected chi connectivity index (χ3v) is 3.33. The fourth-order valence-electron chi connectivity index (χ4n) is 1.41. The van der Waals surface area contributed by atoms with E-state index in [9.17, 15) is 0 Å². The van der Waals surface area contributed by atoms with Gasteiger partial charge >= 0.3 is 0 Å². The van der Waals surface area contributed by atoms with Crippen molar-refractivity contribution in [1.82, 2.24) is 4.98 Å². The second-order valence-corrected chi connectivity index (χ2v) is 4.82. The van der Waals surface area contributed by atoms with Crippen LogP contribution in [-0.4, -0.2) is 12.0 Å². The first-order valence-electron chi connectivity index (χ1n) is 4.62. The Hall–Kier alpha value is -1.06. The Morgan fingerprint density at radius 2 is 2.20 bits per heavy atom. The molecule has 1 aromatic carbocycles. The van der Waals surface area contributed by atoms with Crippen LogP contribution in [0.4, 0.5) is 5.13 Å². The summed E-state index contributed by atoms with van der Waals surface area (Å²) in [5.41, 5.74) is 2.07. The molecule has 2 aromatic rings. The number of nitrogens with one attached hydrogen (secondary N) is 1. The molecule has 0 aliphatic heterocycles. The lowest BCUT2D eigenvalue weighted by Gasteiger charge is -1.98. The molecule has 0 spiro atoms. The maximum absolute atomic E-state index is 5.95. The molecule has 0 radical (unpaired) electrons. The molecule has 78 valence electrons. The smallest absolute Gasteiger partial charge is 0.183 e. The largest absolute Gasteiger partial charge is 0.365 e. The van der Waals surface area contributed by atoms with Gasteiger partial charge in [-0.2, -0.15) is 0 Å². The van der Waals surface area contributed by atoms with E-state index >= 15 is 0 Å². The van der Waals surface area contributed by atoms with Crippen LogP contribution in [0, 0.1) is 6.92 Å². The number of benzene rings is 1. The Morgan fingerprint density at radius 3 is 2.80 bits per heavy atom. The first-order valence-corrected chi connectivity index (χ1v) is 5.81. The molecule has 0 atom stereocenters. The quantitative estimate of drug-likeness (QED) is 0.861. The molecule has 1 aromatic heterocycles. The molecule has 0 saturated heterocycles. The minimum absolute atomic E-state index is 0.742. The van der Waals surface area contributed by atoms with E-state index in [0.29, 0.717) is 0 Å². The Morgan fingerprint density at radius 1 is 1.40 bits per heavy atom. The van der Waals surface area contributed by atoms with E-state index in [1.54, 1.807) is 11.3 Å². The average molecular weight is 239 g/mol. The van der Waals surface area contributed by atoms with E-state index in [1.165, 1.54) is 4.88 Å². The van der Waals surface area contributed by atoms with Crippen LogP contribution in [-0.2, 0) is 0 Å². The van der Waals surface area contributed by atoms with Gasteiger partial charge in [-0.05, 0) is 19.1 Å². The van der Waals surface area contributed by atoms with E-state index in [4.69, 9.17) is 11.6 Å². The first kappa shape index (κ1) is 10.5. The minimum atomic E-state index is 0.742. The average Bonchev–Trinajstić information content (AvgIpc) is 2.60. The molecule has 0 aliphatic rings. The molecular weight excluding hydrogens is 228 g/mol. The molecule has 0 fully saturated rings. The van der Waals surface area contributed by atoms with Crippen LogP contribution >= 0.6 is 22.9 Å². The first-order chi connectivity index (χ1) is 7.20. The lowest BCUT2D eigenvalue weighted by Crippen LogP contribution is -1.86. The number of rotatable bonds is 2. The number of aromatic nitrogens is 1. The molecule has 15 heavy (non-hydrogen) atoms. The predicted octanol–water partition coefficient (Wildman–Crippen LogP) is 3.81. The molecule has 1 N–H and O–H groups in total. The Bertz CT molecular complexity index is 479. The van der Waals surface area contributed by atoms with E-state index in [-0.39, 0.29) is 0 Å². The second-order valence-electron chi connectivity index (χ2n) is 3.18. The lowest BCUT2D eigenvalue weighted by molar-refractivity contribution is 1.34. The molecule has 2 nitrogen and oxygen atoms in total. The zero-order valence-electron chi connectivity index (χ0n) is 8.54. The van der Waals surface area contributed by atoms with Crippen LogP contribution in [0.3, 0.4) is 0 Å². The van der Waals surface area contributed by atoms with Crippen LogP contribution in [0.25, 0.3) is 11.3 Å². The van der Waals surface area contributed by atoms with Gasteiger partial charge in [0.1, 0.15) is 0 Å². The highest BCUT2D eigenvalue weighted by molar-refractivity contribution is 7.15. The molecule has 1 heterocycles. The van der Waals surface area contributed by atoms with Gasteiger partial charge in [-0.15, -0.1) is 11.3 Å². The van der Waals surface area contributed by atoms with Crippen LogP contribution in [0.1, 0.15) is 4.88 Å². The van der Waals surface area contributed by atoms with Crippen molar-refractivity contribution in [3.8, 4) is 11.3 Å². The SMILES string of the molecule is CNc1nc(-c2cccc(Cl)c2)c(C)s1. The van der Waals surface area contributed by atoms with Crippen molar-refractivity contribution in [2.24, 2.45) is 0 Å². The summed E-state index contributed by atoms with van der Waals surface area (Å²) in [5, 5.41) is 4.72. The highest BCUT2D eigenvalue weighted by atomic mass is 35.5. The fourth-order valence-corrected chi connectivity index (χ4v) is 2.39. The van der Waals surface area contributed by atoms with Crippen LogP contribution in [0.2, 0.25) is 5.02 Å². The summed E-state index contributed by atoms with van der Waals surface area (Å²) >= 11 is 7.60. The third-order valence-electron chi connectivity index (χ3n) is 2.11. The predicted molar refractivity (Wildman–Crippen MR) is 66.8 cm³/mol. The highest BCUT2D eigenvalue weighted by Crippen LogP contribution is 2.31. The van der Waals surface area contributed by atoms with Crippen LogP contribution < -0.4 is 5.32 Å². The van der Waals surface area contributed by atoms with Gasteiger partial charge in [0.05, 0.1) is 5.69 Å². The summed E-state index contributed by atoms with van der Waals surface area (Å²) in [7, 11) is 1.88. The van der Waals surface area contributed by atoms with Crippen molar-refractivity contribution >= 4 is 28.1 Å². The van der Waals surface area contributed by atoms with Crippen molar-refractivity contribution in [3.63, 3.8) is 0 Å². The summed E-state index contributed by atoms with van der Waals surface area (Å²) in [4.78, 5) is 5.68. The molecule has 0 bridgehead atoms. The summed E-state index contributed by atoms with van der Waals surface area (Å²) < 4.78 is 0. The summed E-state index contributed by atoms with van der Waals surface area (Å²) in [6.45, 7) is 2.06. The van der Waals surface area contributed by atoms with Gasteiger partial charge in [0.25, 0.3) is 0 Å². The van der Waals surface area contributed by atoms with Gasteiger partial charge in [0.2, 0.25) is 0 Å². The Balaban J connectivity index is 2.48. The molecule has 0 amide bonds. The van der Waals surface area contributed by atoms with Crippen molar-refractivity contribution in [1.29, 1.82) is 0 Å². The van der Waals surface area contributed by atoms with Crippen molar-refractivity contribution in [3.05, 3.63) is 34.2 Å². The Kier molecular flexibility index (Phi) is 2.93. The van der Waals surface area contributed by atoms with Gasteiger partial charge in [0, 0.05) is 22.5 Å². The lowest BCUT2D eigenvalue weighted by atomic mass is 10.1. The summed E-state index contributed by atoms with van der Waals surface area (Å²) in [5.74, 6) is 0. The normalized spacial score (nSPS) is 10.3. The number of halogens is 1. The summed E-state index contributed by atoms with van der Waals surface area (Å²) in [6.07, 6.45) is 0. The highest BCUT2D eigenvalue weighted by Gasteiger charge is 2.08. The standard InChI is InChI=1S/C11H11ClN2S/c1-7-10(14-11(13-2)15-7)8-4-3-5-9(12)6-8/h3-6H,1-2H3,(H,13,14). The van der Waals surface area contributed by atoms with Crippen LogP contribution in [0.15, 0.2) is 24.3 Å². The summed E-state index contributed by atoms with van der Waals surface area (Å²) in [6, 6.07) is 7.76. The van der Waals surface area contributed by atoms with E-state index < -0.39 is 0 Å². The van der Waals surface area contributed by atoms with Crippen molar-refractivity contribution < 1.29 is 0 Å². The van der Waals surface area contributed by atoms with Gasteiger partial charge in [-0.25, -0.2) is 4.98 Å². The van der Waals surface area contributed by atoms with Gasteiger partial charge in [0.15, 0.2) is 5.13 Å². The molecule has 0 saturated carbocycles. The molecule has 0 unspecified atom stereocenters. The maximum Gasteiger partial charge on any atom is 0.183 e. The van der Waals surface area contributed by atoms with Gasteiger partial charge in [-0.3, -0.25) is 0 Å². The molecular formula is C11H11ClN2S. The number of hydrogen-bond donors (Lipinski definition) is 1. The molecule has 0 aliphatic carbocycles. The van der Waals surface area contributed by atoms with Crippen LogP contribution in [0.5, 0.6) is 0 Å². The van der Waals surface area contributed by atoms with Crippen molar-refractivity contribution in [2.75, 3.05) is 12.4 Å². The van der Waals surface area contributed by atoms with Gasteiger partial charge in [-0.1, -0.05) is 23.7 Å². The second kappa shape index (κ2) is 4.21. The zero-order valence-corrected chi connectivity index (χ0v) is 10.1. The van der Waals surface area contributed by atoms with E-state index in [0.717, 1.165) is 21.4 Å². The number of nitrogens with zero attached hydrogens (tertiary/aromatic N) is 1. The zero-order chi connectivity index (χ0) is 10.8. The number of thiazole rings is 1. The topological polar surface area (TPSA) is 24.9 Å². The maximum atomic E-state index is 5.95. The van der Waals surface area contributed by atoms with Crippen molar-refractivity contribution in [2.45, 2.75) is 6.92 Å². The van der Waals surface area contributed by atoms with Gasteiger partial charge < -0.3 is 5.32 Å². The monoisotopic (exact) mass is 238 g/mol. The number of aryl methyl sites for hydroxylation is 1. The Labute approximate surface area is 97.9 Å². The molecule has 2 rings (SSSR count). The van der Waals surface area contributed by atoms with E-state index in [1.807, 2.05) is 31.3 Å². The molecule has 4 heteroatoms. The fraction of sp³-hybridized carbons (Fsp3) is 0.182.